The van der Waals surface area contributed by atoms with E-state index in [2.05, 4.69) is 77.6 Å². The average Bonchev–Trinajstić information content (AvgIpc) is 1.61. The van der Waals surface area contributed by atoms with Gasteiger partial charge in [0.2, 0.25) is 23.0 Å². The summed E-state index contributed by atoms with van der Waals surface area (Å²) in [6, 6.07) is 36.4. The fourth-order valence-electron chi connectivity index (χ4n) is 11.8. The predicted molar refractivity (Wildman–Crippen MR) is 461 cm³/mol. The summed E-state index contributed by atoms with van der Waals surface area (Å²) in [7, 11) is 0. The van der Waals surface area contributed by atoms with Crippen molar-refractivity contribution in [1.29, 1.82) is 0 Å². The van der Waals surface area contributed by atoms with E-state index >= 15 is 0 Å². The van der Waals surface area contributed by atoms with Crippen LogP contribution in [-0.4, -0.2) is 267 Å². The molecule has 125 heavy (non-hydrogen) atoms. The van der Waals surface area contributed by atoms with Gasteiger partial charge in [-0.15, -0.1) is 6.42 Å². The van der Waals surface area contributed by atoms with Crippen LogP contribution in [0.15, 0.2) is 171 Å². The number of anilines is 1. The number of amides is 3. The molecule has 14 rings (SSSR count). The Morgan fingerprint density at radius 1 is 0.400 bits per heavy atom. The molecule has 0 spiro atoms. The molecule has 3 saturated carbocycles. The number of benzene rings is 3. The maximum absolute atomic E-state index is 13.6. The number of aryl methyl sites for hydroxylation is 6. The number of pyridine rings is 4. The van der Waals surface area contributed by atoms with Gasteiger partial charge in [0.05, 0.1) is 39.4 Å². The van der Waals surface area contributed by atoms with Crippen molar-refractivity contribution in [1.82, 2.24) is 59.8 Å². The van der Waals surface area contributed by atoms with Crippen LogP contribution >= 0.6 is 34.8 Å². The van der Waals surface area contributed by atoms with Gasteiger partial charge in [0.15, 0.2) is 0 Å². The van der Waals surface area contributed by atoms with Gasteiger partial charge in [-0.25, -0.2) is 39.9 Å². The molecule has 40 heteroatoms. The second-order valence-corrected chi connectivity index (χ2v) is 28.2. The maximum atomic E-state index is 13.6. The quantitative estimate of drug-likeness (QED) is 0.0244. The summed E-state index contributed by atoms with van der Waals surface area (Å²) in [6.45, 7) is 7.47. The molecule has 11 aromatic rings. The molecule has 628 valence electrons. The minimum atomic E-state index is -4.65. The number of halogens is 15. The zero-order chi connectivity index (χ0) is 91.4. The number of primary amides is 3. The van der Waals surface area contributed by atoms with Gasteiger partial charge in [-0.2, -0.15) is 52.7 Å². The molecule has 3 fully saturated rings. The monoisotopic (exact) mass is 1940 g/mol. The molecule has 0 atom stereocenters. The van der Waals surface area contributed by atoms with Crippen molar-refractivity contribution < 1.29 is 67.1 Å². The molecule has 8 heterocycles. The number of nitrogens with zero attached hydrogens (tertiary/aromatic N) is 12. The van der Waals surface area contributed by atoms with Crippen LogP contribution in [-0.2, 0) is 87.4 Å². The summed E-state index contributed by atoms with van der Waals surface area (Å²) in [5, 5.41) is -1.59. The zero-order valence-corrected chi connectivity index (χ0v) is 89.6. The summed E-state index contributed by atoms with van der Waals surface area (Å²) < 4.78 is 155. The molecule has 0 saturated heterocycles. The summed E-state index contributed by atoms with van der Waals surface area (Å²) in [5.41, 5.74) is 26.6. The van der Waals surface area contributed by atoms with E-state index in [9.17, 15) is 67.1 Å². The second kappa shape index (κ2) is 54.3. The fourth-order valence-corrected chi connectivity index (χ4v) is 12.4. The SMILES string of the molecule is C.C.C#Cc1ccccc1C1(C(N)=O)CC1.Cc1ccc(Cc2ncc(C(F)(F)F)c(C#Cc3ccccc3C3(C(N)=O)CC3)n2)cn1.Cc1ccc(Cc2ncc(C(F)(F)F)c(CCc3ccccc3C3(C(N)=O)CC3)n2)cn1.Cc1ccc(Cc2ncc(C(F)(F)F)c(Cl)n2)cn1.Cc1ccc(N)cn1.FC(F)(F)c1cnc(Cl)nc1Cl.[K][K].[K][K].[K][K]. The summed E-state index contributed by atoms with van der Waals surface area (Å²) >= 11 is 23.4. The number of nitrogens with two attached hydrogens (primary N) is 4. The fraction of sp³-hybridized carbons (Fsp3) is 0.282. The van der Waals surface area contributed by atoms with Gasteiger partial charge in [0.25, 0.3) is 0 Å². The van der Waals surface area contributed by atoms with Crippen molar-refractivity contribution in [2.24, 2.45) is 17.2 Å². The minimum absolute atomic E-state index is 0. The third-order valence-electron chi connectivity index (χ3n) is 18.6. The number of terminal acetylenes is 1. The predicted octanol–water partition coefficient (Wildman–Crippen LogP) is 15.2. The number of hydrogen-bond donors (Lipinski definition) is 4. The molecule has 0 unspecified atom stereocenters. The molecule has 8 N–H and O–H groups in total. The Balaban J connectivity index is 0.000000327. The number of aromatic nitrogens is 12. The Morgan fingerprint density at radius 3 is 1.11 bits per heavy atom. The standard InChI is InChI=1S/C24H23F3N4O.C24H19F3N4O.C12H9ClF3N3.C12H11NO.C6H8N2.C5HCl2F3N2.2CH4.6K/c2*1-15-6-7-16(13-29-15)12-21-30-14-19(24(25,26)27)20(31-21)9-8-17-4-2-3-5-18(17)23(10-11-23)22(28)32;1-7-2-3-8(5-17-7)4-10-18-6-9(11(13)19-10)12(14,15)16;1-2-9-5-3-4-6-10(9)12(7-8-12)11(13)14;1-5-2-3-6(7)4-8-5;6-3-2(5(8,9)10)1-11-4(7)12-3;;;;;;;;/h2-7,13-14H,8-12H2,1H3,(H2,28,32);2-7,13-14H,10-12H2,1H3,(H2,28,32);2-3,5-6H,4H2,1H3;1,3-6H,7-8H2,(H2,13,14);2-4H,7H2,1H3;1H;2*1H4;;;;;;. The van der Waals surface area contributed by atoms with Gasteiger partial charge in [-0.1, -0.05) is 129 Å². The van der Waals surface area contributed by atoms with Crippen LogP contribution in [0.25, 0.3) is 0 Å². The van der Waals surface area contributed by atoms with Crippen molar-refractivity contribution in [3.8, 4) is 24.2 Å². The molecule has 3 aliphatic rings. The number of alkyl halides is 12. The molecule has 3 amide bonds. The van der Waals surface area contributed by atoms with Crippen molar-refractivity contribution >= 4 is 248 Å². The van der Waals surface area contributed by atoms with Gasteiger partial charge in [-0.05, 0) is 178 Å². The molecule has 8 aromatic heterocycles. The topological polar surface area (TPSA) is 310 Å². The molecule has 0 radical (unpaired) electrons. The van der Waals surface area contributed by atoms with Crippen LogP contribution in [0, 0.1) is 51.9 Å². The van der Waals surface area contributed by atoms with Crippen LogP contribution < -0.4 is 22.9 Å². The normalized spacial score (nSPS) is 13.1. The van der Waals surface area contributed by atoms with Gasteiger partial charge in [0.1, 0.15) is 50.2 Å². The summed E-state index contributed by atoms with van der Waals surface area (Å²) in [6.07, 6.45) is 1.86. The first-order valence-electron chi connectivity index (χ1n) is 38.4. The van der Waals surface area contributed by atoms with E-state index in [1.807, 2.05) is 119 Å². The first-order chi connectivity index (χ1) is 58.1. The number of rotatable bonds is 15. The van der Waals surface area contributed by atoms with Crippen molar-refractivity contribution in [2.45, 2.75) is 154 Å². The van der Waals surface area contributed by atoms with Crippen LogP contribution in [0.2, 0.25) is 15.6 Å². The Bertz CT molecular complexity index is 5490. The number of nitrogen functional groups attached to an aromatic ring is 1. The van der Waals surface area contributed by atoms with Crippen LogP contribution in [0.4, 0.5) is 58.4 Å². The van der Waals surface area contributed by atoms with Gasteiger partial charge < -0.3 is 22.9 Å². The first-order valence-corrected chi connectivity index (χ1v) is 87.6. The van der Waals surface area contributed by atoms with Crippen LogP contribution in [0.3, 0.4) is 0 Å². The Labute approximate surface area is 867 Å². The van der Waals surface area contributed by atoms with E-state index in [1.54, 1.807) is 55.1 Å². The number of carbonyl (C=O) groups excluding carboxylic acids is 3. The number of carbonyl (C=O) groups is 3. The van der Waals surface area contributed by atoms with Gasteiger partial charge in [0, 0.05) is 96.5 Å². The average molecular weight is 1940 g/mol. The van der Waals surface area contributed by atoms with E-state index in [0.29, 0.717) is 67.9 Å². The zero-order valence-electron chi connectivity index (χ0n) is 68.6. The molecular weight excluding hydrogens is 1860 g/mol. The van der Waals surface area contributed by atoms with Crippen molar-refractivity contribution in [3.63, 3.8) is 0 Å². The third-order valence-corrected chi connectivity index (χ3v) is 19.4. The van der Waals surface area contributed by atoms with Gasteiger partial charge >= 0.3 is 214 Å². The number of hydrogen-bond acceptors (Lipinski definition) is 16. The molecule has 0 bridgehead atoms. The molecule has 19 nitrogen and oxygen atoms in total. The van der Waals surface area contributed by atoms with E-state index in [-0.39, 0.29) is 62.6 Å². The third kappa shape index (κ3) is 35.5. The van der Waals surface area contributed by atoms with Gasteiger partial charge in [-0.3, -0.25) is 34.3 Å². The molecule has 0 aliphatic heterocycles. The first kappa shape index (κ1) is 115. The molecule has 3 aliphatic carbocycles. The molecule has 3 aromatic carbocycles. The Hall–Kier alpha value is -2.24. The van der Waals surface area contributed by atoms with E-state index < -0.39 is 91.0 Å². The Morgan fingerprint density at radius 2 is 0.744 bits per heavy atom. The molecular formula is C85H79Cl3F12K6N16O3. The second-order valence-electron chi connectivity index (χ2n) is 27.2. The Kier molecular flexibility index (Phi) is 50.0. The van der Waals surface area contributed by atoms with E-state index in [0.717, 1.165) is 92.6 Å². The van der Waals surface area contributed by atoms with Crippen molar-refractivity contribution in [3.05, 3.63) is 310 Å². The van der Waals surface area contributed by atoms with E-state index in [4.69, 9.17) is 64.2 Å². The van der Waals surface area contributed by atoms with Crippen molar-refractivity contribution in [2.75, 3.05) is 5.73 Å². The van der Waals surface area contributed by atoms with E-state index in [1.165, 1.54) is 189 Å². The van der Waals surface area contributed by atoms with Crippen LogP contribution in [0.1, 0.15) is 177 Å². The summed E-state index contributed by atoms with van der Waals surface area (Å²) in [4.78, 5) is 81.5. The van der Waals surface area contributed by atoms with Crippen LogP contribution in [0.5, 0.6) is 0 Å². The summed E-state index contributed by atoms with van der Waals surface area (Å²) in [5.74, 6) is 7.56.